The van der Waals surface area contributed by atoms with Crippen LogP contribution >= 0.6 is 0 Å². The molecule has 0 saturated heterocycles. The summed E-state index contributed by atoms with van der Waals surface area (Å²) in [6.07, 6.45) is 0.643. The molecule has 0 fully saturated rings. The number of ether oxygens (including phenoxy) is 1. The molecular formula is C14H24N2O3S. The number of hydrogen-bond donors (Lipinski definition) is 2. The molecule has 0 saturated carbocycles. The van der Waals surface area contributed by atoms with Crippen LogP contribution in [0.5, 0.6) is 0 Å². The Morgan fingerprint density at radius 3 is 2.30 bits per heavy atom. The predicted molar refractivity (Wildman–Crippen MR) is 80.2 cm³/mol. The van der Waals surface area contributed by atoms with Crippen LogP contribution in [0.4, 0.5) is 0 Å². The number of methoxy groups -OCH3 is 1. The summed E-state index contributed by atoms with van der Waals surface area (Å²) in [5.74, 6) is 0. The summed E-state index contributed by atoms with van der Waals surface area (Å²) >= 11 is 0. The maximum absolute atomic E-state index is 12.2. The van der Waals surface area contributed by atoms with Crippen LogP contribution in [0.15, 0.2) is 29.2 Å². The van der Waals surface area contributed by atoms with Gasteiger partial charge in [0, 0.05) is 25.8 Å². The van der Waals surface area contributed by atoms with Gasteiger partial charge < -0.3 is 10.1 Å². The molecule has 20 heavy (non-hydrogen) atoms. The van der Waals surface area contributed by atoms with Crippen LogP contribution in [0, 0.1) is 0 Å². The Kier molecular flexibility index (Phi) is 6.61. The minimum Gasteiger partial charge on any atom is -0.385 e. The van der Waals surface area contributed by atoms with Crippen LogP contribution in [0.1, 0.15) is 31.9 Å². The first-order valence-electron chi connectivity index (χ1n) is 6.69. The second kappa shape index (κ2) is 7.73. The van der Waals surface area contributed by atoms with Gasteiger partial charge in [0.2, 0.25) is 10.0 Å². The van der Waals surface area contributed by atoms with Crippen LogP contribution in [-0.2, 0) is 14.8 Å². The molecule has 0 aliphatic heterocycles. The van der Waals surface area contributed by atoms with Crippen molar-refractivity contribution in [1.29, 1.82) is 0 Å². The average Bonchev–Trinajstić information content (AvgIpc) is 2.44. The summed E-state index contributed by atoms with van der Waals surface area (Å²) in [7, 11) is 0.00440. The van der Waals surface area contributed by atoms with Gasteiger partial charge in [-0.25, -0.2) is 13.1 Å². The number of benzene rings is 1. The molecule has 0 spiro atoms. The largest absolute Gasteiger partial charge is 0.385 e. The van der Waals surface area contributed by atoms with Gasteiger partial charge in [-0.3, -0.25) is 0 Å². The summed E-state index contributed by atoms with van der Waals surface area (Å²) < 4.78 is 32.0. The lowest BCUT2D eigenvalue weighted by molar-refractivity contribution is 0.188. The van der Waals surface area contributed by atoms with E-state index in [0.29, 0.717) is 13.0 Å². The second-order valence-electron chi connectivity index (χ2n) is 4.88. The SMILES string of the molecule is CNC(C)c1ccc(S(=O)(=O)NC(C)CCOC)cc1. The van der Waals surface area contributed by atoms with Crippen molar-refractivity contribution in [2.24, 2.45) is 0 Å². The van der Waals surface area contributed by atoms with Crippen molar-refractivity contribution in [3.8, 4) is 0 Å². The van der Waals surface area contributed by atoms with Crippen molar-refractivity contribution in [2.75, 3.05) is 20.8 Å². The molecule has 2 unspecified atom stereocenters. The topological polar surface area (TPSA) is 67.4 Å². The van der Waals surface area contributed by atoms with E-state index in [1.807, 2.05) is 33.0 Å². The van der Waals surface area contributed by atoms with Crippen molar-refractivity contribution in [2.45, 2.75) is 37.2 Å². The highest BCUT2D eigenvalue weighted by molar-refractivity contribution is 7.89. The fourth-order valence-electron chi connectivity index (χ4n) is 1.79. The standard InChI is InChI=1S/C14H24N2O3S/c1-11(9-10-19-4)16-20(17,18)14-7-5-13(6-8-14)12(2)15-3/h5-8,11-12,15-16H,9-10H2,1-4H3. The van der Waals surface area contributed by atoms with Gasteiger partial charge in [-0.2, -0.15) is 0 Å². The molecular weight excluding hydrogens is 276 g/mol. The lowest BCUT2D eigenvalue weighted by atomic mass is 10.1. The zero-order valence-corrected chi connectivity index (χ0v) is 13.3. The Bertz CT molecular complexity index is 500. The third-order valence-electron chi connectivity index (χ3n) is 3.23. The van der Waals surface area contributed by atoms with E-state index in [1.165, 1.54) is 0 Å². The molecule has 0 aliphatic carbocycles. The summed E-state index contributed by atoms with van der Waals surface area (Å²) in [6, 6.07) is 6.96. The molecule has 0 aromatic heterocycles. The van der Waals surface area contributed by atoms with Crippen LogP contribution in [-0.4, -0.2) is 35.2 Å². The van der Waals surface area contributed by atoms with Crippen LogP contribution in [0.25, 0.3) is 0 Å². The first kappa shape index (κ1) is 17.1. The van der Waals surface area contributed by atoms with Gasteiger partial charge in [-0.05, 0) is 45.0 Å². The number of nitrogens with one attached hydrogen (secondary N) is 2. The van der Waals surface area contributed by atoms with Gasteiger partial charge in [0.15, 0.2) is 0 Å². The maximum Gasteiger partial charge on any atom is 0.240 e. The molecule has 114 valence electrons. The van der Waals surface area contributed by atoms with Crippen molar-refractivity contribution in [3.63, 3.8) is 0 Å². The quantitative estimate of drug-likeness (QED) is 0.766. The highest BCUT2D eigenvalue weighted by Crippen LogP contribution is 2.16. The van der Waals surface area contributed by atoms with Crippen molar-refractivity contribution in [3.05, 3.63) is 29.8 Å². The van der Waals surface area contributed by atoms with E-state index in [0.717, 1.165) is 5.56 Å². The molecule has 6 heteroatoms. The van der Waals surface area contributed by atoms with E-state index in [1.54, 1.807) is 19.2 Å². The molecule has 0 bridgehead atoms. The molecule has 5 nitrogen and oxygen atoms in total. The molecule has 1 rings (SSSR count). The van der Waals surface area contributed by atoms with E-state index in [-0.39, 0.29) is 17.0 Å². The second-order valence-corrected chi connectivity index (χ2v) is 6.60. The fraction of sp³-hybridized carbons (Fsp3) is 0.571. The van der Waals surface area contributed by atoms with E-state index in [4.69, 9.17) is 4.74 Å². The molecule has 0 heterocycles. The van der Waals surface area contributed by atoms with Crippen molar-refractivity contribution in [1.82, 2.24) is 10.0 Å². The smallest absolute Gasteiger partial charge is 0.240 e. The lowest BCUT2D eigenvalue weighted by Gasteiger charge is -2.15. The molecule has 1 aromatic rings. The average molecular weight is 300 g/mol. The van der Waals surface area contributed by atoms with Crippen LogP contribution in [0.3, 0.4) is 0 Å². The van der Waals surface area contributed by atoms with Gasteiger partial charge in [-0.15, -0.1) is 0 Å². The Labute approximate surface area is 121 Å². The first-order valence-corrected chi connectivity index (χ1v) is 8.17. The summed E-state index contributed by atoms with van der Waals surface area (Å²) in [5.41, 5.74) is 1.05. The molecule has 2 N–H and O–H groups in total. The van der Waals surface area contributed by atoms with Crippen molar-refractivity contribution < 1.29 is 13.2 Å². The fourth-order valence-corrected chi connectivity index (χ4v) is 3.07. The Morgan fingerprint density at radius 1 is 1.20 bits per heavy atom. The Hall–Kier alpha value is -0.950. The summed E-state index contributed by atoms with van der Waals surface area (Å²) in [6.45, 7) is 4.38. The highest BCUT2D eigenvalue weighted by atomic mass is 32.2. The van der Waals surface area contributed by atoms with Gasteiger partial charge in [0.05, 0.1) is 4.90 Å². The van der Waals surface area contributed by atoms with E-state index < -0.39 is 10.0 Å². The molecule has 2 atom stereocenters. The molecule has 0 amide bonds. The predicted octanol–water partition coefficient (Wildman–Crippen LogP) is 1.67. The van der Waals surface area contributed by atoms with Gasteiger partial charge in [0.1, 0.15) is 0 Å². The number of rotatable bonds is 8. The third-order valence-corrected chi connectivity index (χ3v) is 4.84. The monoisotopic (exact) mass is 300 g/mol. The zero-order chi connectivity index (χ0) is 15.2. The lowest BCUT2D eigenvalue weighted by Crippen LogP contribution is -2.33. The Morgan fingerprint density at radius 2 is 1.80 bits per heavy atom. The number of sulfonamides is 1. The van der Waals surface area contributed by atoms with E-state index in [9.17, 15) is 8.42 Å². The molecule has 1 aromatic carbocycles. The Balaban J connectivity index is 2.77. The zero-order valence-electron chi connectivity index (χ0n) is 12.5. The normalized spacial score (nSPS) is 15.0. The van der Waals surface area contributed by atoms with Crippen molar-refractivity contribution >= 4 is 10.0 Å². The van der Waals surface area contributed by atoms with E-state index >= 15 is 0 Å². The van der Waals surface area contributed by atoms with Crippen LogP contribution < -0.4 is 10.0 Å². The number of hydrogen-bond acceptors (Lipinski definition) is 4. The van der Waals surface area contributed by atoms with Gasteiger partial charge >= 0.3 is 0 Å². The minimum atomic E-state index is -3.47. The summed E-state index contributed by atoms with van der Waals surface area (Å²) in [5, 5.41) is 3.12. The van der Waals surface area contributed by atoms with E-state index in [2.05, 4.69) is 10.0 Å². The van der Waals surface area contributed by atoms with Gasteiger partial charge in [-0.1, -0.05) is 12.1 Å². The molecule has 0 radical (unpaired) electrons. The first-order chi connectivity index (χ1) is 9.40. The summed E-state index contributed by atoms with van der Waals surface area (Å²) in [4.78, 5) is 0.286. The van der Waals surface area contributed by atoms with Gasteiger partial charge in [0.25, 0.3) is 0 Å². The van der Waals surface area contributed by atoms with Crippen LogP contribution in [0.2, 0.25) is 0 Å². The highest BCUT2D eigenvalue weighted by Gasteiger charge is 2.17. The molecule has 0 aliphatic rings. The maximum atomic E-state index is 12.2. The minimum absolute atomic E-state index is 0.157. The third kappa shape index (κ3) is 4.86.